The zero-order chi connectivity index (χ0) is 21.1. The molecule has 0 aliphatic rings. The van der Waals surface area contributed by atoms with Gasteiger partial charge in [-0.2, -0.15) is 5.10 Å². The molecule has 0 radical (unpaired) electrons. The molecule has 0 unspecified atom stereocenters. The molecule has 0 saturated carbocycles. The van der Waals surface area contributed by atoms with Crippen LogP contribution in [0.15, 0.2) is 63.3 Å². The van der Waals surface area contributed by atoms with Crippen molar-refractivity contribution in [2.75, 3.05) is 5.32 Å². The first-order valence-electron chi connectivity index (χ1n) is 8.83. The minimum absolute atomic E-state index is 0.226. The molecule has 0 aliphatic heterocycles. The number of nitrogens with one attached hydrogen (secondary N) is 1. The first-order chi connectivity index (χ1) is 14.5. The van der Waals surface area contributed by atoms with Crippen molar-refractivity contribution in [3.8, 4) is 0 Å². The zero-order valence-corrected chi connectivity index (χ0v) is 18.1. The number of nitrogens with zero attached hydrogens (tertiary/aromatic N) is 4. The maximum Gasteiger partial charge on any atom is 0.260 e. The molecule has 4 rings (SSSR count). The predicted octanol–water partition coefficient (Wildman–Crippen LogP) is 5.29. The molecule has 0 atom stereocenters. The number of hydrogen-bond donors (Lipinski definition) is 1. The standard InChI is InChI=1S/C20H15ClFN5OS2/c1-12-17(18(21)27(26-12)10-13-6-8-14(22)9-7-13)19(28)24-15-4-2-3-5-16(15)30-20-25-23-11-29-20/h2-9,11H,10H2,1H3,(H,24,28). The molecule has 0 bridgehead atoms. The first-order valence-corrected chi connectivity index (χ1v) is 10.9. The fraction of sp³-hybridized carbons (Fsp3) is 0.100. The molecule has 1 amide bonds. The molecule has 1 N–H and O–H groups in total. The maximum atomic E-state index is 13.1. The number of amides is 1. The predicted molar refractivity (Wildman–Crippen MR) is 116 cm³/mol. The van der Waals surface area contributed by atoms with Gasteiger partial charge in [0.1, 0.15) is 16.5 Å². The van der Waals surface area contributed by atoms with Crippen LogP contribution in [0, 0.1) is 12.7 Å². The van der Waals surface area contributed by atoms with Crippen LogP contribution in [0.25, 0.3) is 0 Å². The van der Waals surface area contributed by atoms with Gasteiger partial charge in [-0.15, -0.1) is 10.2 Å². The van der Waals surface area contributed by atoms with E-state index in [1.165, 1.54) is 39.9 Å². The van der Waals surface area contributed by atoms with Crippen LogP contribution < -0.4 is 5.32 Å². The van der Waals surface area contributed by atoms with E-state index in [9.17, 15) is 9.18 Å². The second-order valence-electron chi connectivity index (χ2n) is 6.29. The number of anilines is 1. The lowest BCUT2D eigenvalue weighted by Crippen LogP contribution is -2.14. The highest BCUT2D eigenvalue weighted by Crippen LogP contribution is 2.34. The van der Waals surface area contributed by atoms with Crippen molar-refractivity contribution in [2.24, 2.45) is 0 Å². The highest BCUT2D eigenvalue weighted by Gasteiger charge is 2.21. The Morgan fingerprint density at radius 3 is 2.73 bits per heavy atom. The Kier molecular flexibility index (Phi) is 6.12. The number of rotatable bonds is 6. The van der Waals surface area contributed by atoms with E-state index in [2.05, 4.69) is 20.6 Å². The van der Waals surface area contributed by atoms with E-state index in [-0.39, 0.29) is 16.9 Å². The molecule has 152 valence electrons. The van der Waals surface area contributed by atoms with Gasteiger partial charge in [-0.25, -0.2) is 9.07 Å². The van der Waals surface area contributed by atoms with Crippen LogP contribution in [0.4, 0.5) is 10.1 Å². The Hall–Kier alpha value is -2.75. The summed E-state index contributed by atoms with van der Waals surface area (Å²) in [6, 6.07) is 13.5. The van der Waals surface area contributed by atoms with Gasteiger partial charge in [0.25, 0.3) is 5.91 Å². The molecule has 2 aromatic carbocycles. The van der Waals surface area contributed by atoms with Gasteiger partial charge in [-0.05, 0) is 36.8 Å². The summed E-state index contributed by atoms with van der Waals surface area (Å²) in [4.78, 5) is 13.8. The van der Waals surface area contributed by atoms with Crippen LogP contribution in [-0.4, -0.2) is 25.9 Å². The Morgan fingerprint density at radius 2 is 2.00 bits per heavy atom. The van der Waals surface area contributed by atoms with Gasteiger partial charge in [-0.1, -0.05) is 59.0 Å². The van der Waals surface area contributed by atoms with Gasteiger partial charge in [0, 0.05) is 4.90 Å². The zero-order valence-electron chi connectivity index (χ0n) is 15.7. The van der Waals surface area contributed by atoms with E-state index < -0.39 is 0 Å². The summed E-state index contributed by atoms with van der Waals surface area (Å²) in [6.07, 6.45) is 0. The third kappa shape index (κ3) is 4.53. The van der Waals surface area contributed by atoms with Gasteiger partial charge in [0.05, 0.1) is 23.5 Å². The van der Waals surface area contributed by atoms with Crippen molar-refractivity contribution in [3.05, 3.63) is 81.8 Å². The monoisotopic (exact) mass is 459 g/mol. The van der Waals surface area contributed by atoms with E-state index in [0.29, 0.717) is 23.5 Å². The van der Waals surface area contributed by atoms with E-state index in [1.54, 1.807) is 24.6 Å². The lowest BCUT2D eigenvalue weighted by Gasteiger charge is -2.09. The lowest BCUT2D eigenvalue weighted by molar-refractivity contribution is 0.102. The fourth-order valence-corrected chi connectivity index (χ4v) is 4.67. The lowest BCUT2D eigenvalue weighted by atomic mass is 10.2. The molecule has 0 fully saturated rings. The van der Waals surface area contributed by atoms with Crippen molar-refractivity contribution in [1.29, 1.82) is 0 Å². The molecule has 2 aromatic heterocycles. The van der Waals surface area contributed by atoms with Crippen LogP contribution in [0.2, 0.25) is 5.15 Å². The van der Waals surface area contributed by atoms with Crippen molar-refractivity contribution < 1.29 is 9.18 Å². The summed E-state index contributed by atoms with van der Waals surface area (Å²) in [6.45, 7) is 2.06. The molecule has 0 aliphatic carbocycles. The minimum Gasteiger partial charge on any atom is -0.321 e. The fourth-order valence-electron chi connectivity index (χ4n) is 2.82. The summed E-state index contributed by atoms with van der Waals surface area (Å²) in [5.41, 5.74) is 3.93. The van der Waals surface area contributed by atoms with E-state index in [0.717, 1.165) is 14.8 Å². The Labute approximate surface area is 185 Å². The topological polar surface area (TPSA) is 72.7 Å². The number of benzene rings is 2. The molecule has 10 heteroatoms. The summed E-state index contributed by atoms with van der Waals surface area (Å²) in [7, 11) is 0. The van der Waals surface area contributed by atoms with Gasteiger partial charge in [0.2, 0.25) is 0 Å². The molecular weight excluding hydrogens is 445 g/mol. The molecule has 0 spiro atoms. The average molecular weight is 460 g/mol. The van der Waals surface area contributed by atoms with Gasteiger partial charge in [-0.3, -0.25) is 4.79 Å². The van der Waals surface area contributed by atoms with Crippen molar-refractivity contribution in [1.82, 2.24) is 20.0 Å². The third-order valence-corrected chi connectivity index (χ3v) is 6.45. The summed E-state index contributed by atoms with van der Waals surface area (Å²) in [5, 5.41) is 15.4. The second kappa shape index (κ2) is 8.95. The largest absolute Gasteiger partial charge is 0.321 e. The summed E-state index contributed by atoms with van der Waals surface area (Å²) in [5.74, 6) is -0.667. The van der Waals surface area contributed by atoms with E-state index in [4.69, 9.17) is 11.6 Å². The third-order valence-electron chi connectivity index (χ3n) is 4.21. The summed E-state index contributed by atoms with van der Waals surface area (Å²) >= 11 is 9.31. The van der Waals surface area contributed by atoms with E-state index in [1.807, 2.05) is 24.3 Å². The van der Waals surface area contributed by atoms with Crippen LogP contribution in [0.3, 0.4) is 0 Å². The van der Waals surface area contributed by atoms with Gasteiger partial charge in [0.15, 0.2) is 4.34 Å². The second-order valence-corrected chi connectivity index (χ2v) is 8.77. The molecule has 30 heavy (non-hydrogen) atoms. The number of carbonyl (C=O) groups is 1. The number of aromatic nitrogens is 4. The first kappa shape index (κ1) is 20.5. The Bertz CT molecular complexity index is 1180. The van der Waals surface area contributed by atoms with Crippen LogP contribution in [0.1, 0.15) is 21.6 Å². The van der Waals surface area contributed by atoms with Crippen LogP contribution in [0.5, 0.6) is 0 Å². The quantitative estimate of drug-likeness (QED) is 0.424. The Morgan fingerprint density at radius 1 is 1.23 bits per heavy atom. The van der Waals surface area contributed by atoms with Crippen LogP contribution in [-0.2, 0) is 6.54 Å². The number of hydrogen-bond acceptors (Lipinski definition) is 6. The SMILES string of the molecule is Cc1nn(Cc2ccc(F)cc2)c(Cl)c1C(=O)Nc1ccccc1Sc1nncs1. The van der Waals surface area contributed by atoms with Crippen molar-refractivity contribution in [3.63, 3.8) is 0 Å². The smallest absolute Gasteiger partial charge is 0.260 e. The number of carbonyl (C=O) groups excluding carboxylic acids is 1. The molecule has 4 aromatic rings. The van der Waals surface area contributed by atoms with Gasteiger partial charge >= 0.3 is 0 Å². The Balaban J connectivity index is 1.56. The van der Waals surface area contributed by atoms with Crippen molar-refractivity contribution in [2.45, 2.75) is 22.7 Å². The maximum absolute atomic E-state index is 13.1. The number of aryl methyl sites for hydroxylation is 1. The van der Waals surface area contributed by atoms with Gasteiger partial charge < -0.3 is 5.32 Å². The van der Waals surface area contributed by atoms with Crippen LogP contribution >= 0.6 is 34.7 Å². The molecular formula is C20H15ClFN5OS2. The highest BCUT2D eigenvalue weighted by atomic mass is 35.5. The molecule has 6 nitrogen and oxygen atoms in total. The van der Waals surface area contributed by atoms with Crippen molar-refractivity contribution >= 4 is 46.3 Å². The average Bonchev–Trinajstić information content (AvgIpc) is 3.33. The highest BCUT2D eigenvalue weighted by molar-refractivity contribution is 8.01. The minimum atomic E-state index is -0.354. The molecule has 0 saturated heterocycles. The number of para-hydroxylation sites is 1. The normalized spacial score (nSPS) is 10.9. The number of halogens is 2. The molecule has 2 heterocycles. The van der Waals surface area contributed by atoms with E-state index >= 15 is 0 Å². The summed E-state index contributed by atoms with van der Waals surface area (Å²) < 4.78 is 15.4.